The molecule has 76 valence electrons. The number of allylic oxidation sites excluding steroid dienone is 1. The van der Waals surface area contributed by atoms with Crippen LogP contribution in [0.5, 0.6) is 0 Å². The summed E-state index contributed by atoms with van der Waals surface area (Å²) in [7, 11) is 0. The lowest BCUT2D eigenvalue weighted by molar-refractivity contribution is 0.0524. The molecular formula is C12H22O. The Morgan fingerprint density at radius 3 is 2.38 bits per heavy atom. The predicted octanol–water partition coefficient (Wildman–Crippen LogP) is 3.43. The molecule has 0 bridgehead atoms. The lowest BCUT2D eigenvalue weighted by Crippen LogP contribution is -2.33. The van der Waals surface area contributed by atoms with Crippen LogP contribution in [0.4, 0.5) is 0 Å². The quantitative estimate of drug-likeness (QED) is 0.663. The van der Waals surface area contributed by atoms with E-state index in [-0.39, 0.29) is 0 Å². The lowest BCUT2D eigenvalue weighted by Gasteiger charge is -2.36. The molecule has 13 heavy (non-hydrogen) atoms. The van der Waals surface area contributed by atoms with Gasteiger partial charge in [-0.1, -0.05) is 26.3 Å². The first-order chi connectivity index (χ1) is 6.18. The Hall–Kier alpha value is -0.300. The van der Waals surface area contributed by atoms with Gasteiger partial charge in [-0.25, -0.2) is 0 Å². The molecule has 0 aromatic rings. The van der Waals surface area contributed by atoms with Crippen molar-refractivity contribution in [2.24, 2.45) is 0 Å². The number of hydrogen-bond acceptors (Lipinski definition) is 1. The van der Waals surface area contributed by atoms with E-state index in [0.717, 1.165) is 32.1 Å². The molecule has 1 aliphatic carbocycles. The summed E-state index contributed by atoms with van der Waals surface area (Å²) in [4.78, 5) is 0. The predicted molar refractivity (Wildman–Crippen MR) is 56.7 cm³/mol. The third kappa shape index (κ3) is 1.96. The van der Waals surface area contributed by atoms with Crippen LogP contribution in [-0.2, 0) is 0 Å². The highest BCUT2D eigenvalue weighted by atomic mass is 16.3. The molecule has 1 heteroatoms. The van der Waals surface area contributed by atoms with E-state index in [0.29, 0.717) is 0 Å². The monoisotopic (exact) mass is 182 g/mol. The Labute approximate surface area is 81.9 Å². The van der Waals surface area contributed by atoms with Crippen LogP contribution in [0.1, 0.15) is 59.3 Å². The Kier molecular flexibility index (Phi) is 3.55. The molecule has 0 amide bonds. The zero-order chi connectivity index (χ0) is 9.90. The molecular weight excluding hydrogens is 160 g/mol. The van der Waals surface area contributed by atoms with Crippen LogP contribution >= 0.6 is 0 Å². The molecule has 0 fully saturated rings. The molecule has 0 aromatic heterocycles. The maximum absolute atomic E-state index is 10.4. The van der Waals surface area contributed by atoms with E-state index in [1.165, 1.54) is 17.6 Å². The SMILES string of the molecule is CCC1=C(CC)C(O)(CC)CCC1. The summed E-state index contributed by atoms with van der Waals surface area (Å²) in [5, 5.41) is 10.4. The van der Waals surface area contributed by atoms with Crippen LogP contribution in [0.3, 0.4) is 0 Å². The van der Waals surface area contributed by atoms with Crippen molar-refractivity contribution in [1.29, 1.82) is 0 Å². The van der Waals surface area contributed by atoms with E-state index in [1.807, 2.05) is 0 Å². The molecule has 0 radical (unpaired) electrons. The number of aliphatic hydroxyl groups is 1. The molecule has 0 spiro atoms. The molecule has 0 saturated heterocycles. The van der Waals surface area contributed by atoms with E-state index in [9.17, 15) is 5.11 Å². The van der Waals surface area contributed by atoms with Crippen molar-refractivity contribution >= 4 is 0 Å². The van der Waals surface area contributed by atoms with E-state index >= 15 is 0 Å². The van der Waals surface area contributed by atoms with Gasteiger partial charge in [-0.3, -0.25) is 0 Å². The average molecular weight is 182 g/mol. The molecule has 1 rings (SSSR count). The highest BCUT2D eigenvalue weighted by molar-refractivity contribution is 5.26. The molecule has 0 aromatic carbocycles. The molecule has 1 atom stereocenters. The highest BCUT2D eigenvalue weighted by Crippen LogP contribution is 2.38. The second-order valence-electron chi connectivity index (χ2n) is 4.03. The van der Waals surface area contributed by atoms with Crippen LogP contribution in [0.25, 0.3) is 0 Å². The van der Waals surface area contributed by atoms with Crippen molar-refractivity contribution in [3.8, 4) is 0 Å². The first kappa shape index (κ1) is 10.8. The zero-order valence-electron chi connectivity index (χ0n) is 9.19. The fraction of sp³-hybridized carbons (Fsp3) is 0.833. The van der Waals surface area contributed by atoms with Crippen molar-refractivity contribution in [3.05, 3.63) is 11.1 Å². The topological polar surface area (TPSA) is 20.2 Å². The average Bonchev–Trinajstić information content (AvgIpc) is 2.17. The molecule has 1 aliphatic rings. The third-order valence-corrected chi connectivity index (χ3v) is 3.42. The van der Waals surface area contributed by atoms with Gasteiger partial charge < -0.3 is 5.11 Å². The van der Waals surface area contributed by atoms with E-state index < -0.39 is 5.60 Å². The smallest absolute Gasteiger partial charge is 0.0856 e. The van der Waals surface area contributed by atoms with E-state index in [2.05, 4.69) is 20.8 Å². The summed E-state index contributed by atoms with van der Waals surface area (Å²) in [6.45, 7) is 6.46. The summed E-state index contributed by atoms with van der Waals surface area (Å²) in [6.07, 6.45) is 6.36. The minimum absolute atomic E-state index is 0.460. The van der Waals surface area contributed by atoms with Crippen LogP contribution in [0.2, 0.25) is 0 Å². The summed E-state index contributed by atoms with van der Waals surface area (Å²) < 4.78 is 0. The largest absolute Gasteiger partial charge is 0.386 e. The van der Waals surface area contributed by atoms with Crippen LogP contribution in [0.15, 0.2) is 11.1 Å². The van der Waals surface area contributed by atoms with Gasteiger partial charge in [-0.2, -0.15) is 0 Å². The maximum atomic E-state index is 10.4. The van der Waals surface area contributed by atoms with Gasteiger partial charge in [0.15, 0.2) is 0 Å². The van der Waals surface area contributed by atoms with Crippen LogP contribution in [0, 0.1) is 0 Å². The fourth-order valence-electron chi connectivity index (χ4n) is 2.58. The van der Waals surface area contributed by atoms with Gasteiger partial charge in [0.25, 0.3) is 0 Å². The van der Waals surface area contributed by atoms with Crippen molar-refractivity contribution in [2.45, 2.75) is 64.9 Å². The van der Waals surface area contributed by atoms with Crippen molar-refractivity contribution in [1.82, 2.24) is 0 Å². The lowest BCUT2D eigenvalue weighted by atomic mass is 9.75. The third-order valence-electron chi connectivity index (χ3n) is 3.42. The summed E-state index contributed by atoms with van der Waals surface area (Å²) in [6, 6.07) is 0. The number of rotatable bonds is 3. The summed E-state index contributed by atoms with van der Waals surface area (Å²) in [5.74, 6) is 0. The van der Waals surface area contributed by atoms with Crippen LogP contribution < -0.4 is 0 Å². The second-order valence-corrected chi connectivity index (χ2v) is 4.03. The Morgan fingerprint density at radius 1 is 1.23 bits per heavy atom. The van der Waals surface area contributed by atoms with Gasteiger partial charge in [0.05, 0.1) is 5.60 Å². The van der Waals surface area contributed by atoms with Crippen molar-refractivity contribution in [3.63, 3.8) is 0 Å². The van der Waals surface area contributed by atoms with Gasteiger partial charge in [0.2, 0.25) is 0 Å². The van der Waals surface area contributed by atoms with Crippen molar-refractivity contribution in [2.75, 3.05) is 0 Å². The second kappa shape index (κ2) is 4.28. The fourth-order valence-corrected chi connectivity index (χ4v) is 2.58. The van der Waals surface area contributed by atoms with Gasteiger partial charge in [0, 0.05) is 0 Å². The van der Waals surface area contributed by atoms with Gasteiger partial charge in [-0.05, 0) is 44.1 Å². The van der Waals surface area contributed by atoms with Crippen molar-refractivity contribution < 1.29 is 5.11 Å². The molecule has 1 unspecified atom stereocenters. The molecule has 0 saturated carbocycles. The standard InChI is InChI=1S/C12H22O/c1-4-10-8-7-9-12(13,6-3)11(10)5-2/h13H,4-9H2,1-3H3. The normalized spacial score (nSPS) is 29.5. The highest BCUT2D eigenvalue weighted by Gasteiger charge is 2.32. The summed E-state index contributed by atoms with van der Waals surface area (Å²) in [5.41, 5.74) is 2.39. The van der Waals surface area contributed by atoms with Gasteiger partial charge in [0.1, 0.15) is 0 Å². The zero-order valence-corrected chi connectivity index (χ0v) is 9.19. The van der Waals surface area contributed by atoms with E-state index in [4.69, 9.17) is 0 Å². The summed E-state index contributed by atoms with van der Waals surface area (Å²) >= 11 is 0. The Morgan fingerprint density at radius 2 is 1.92 bits per heavy atom. The Bertz CT molecular complexity index is 205. The molecule has 0 heterocycles. The maximum Gasteiger partial charge on any atom is 0.0856 e. The minimum Gasteiger partial charge on any atom is -0.386 e. The molecule has 0 aliphatic heterocycles. The van der Waals surface area contributed by atoms with Gasteiger partial charge >= 0.3 is 0 Å². The number of hydrogen-bond donors (Lipinski definition) is 1. The van der Waals surface area contributed by atoms with Crippen LogP contribution in [-0.4, -0.2) is 10.7 Å². The van der Waals surface area contributed by atoms with Gasteiger partial charge in [-0.15, -0.1) is 0 Å². The Balaban J connectivity index is 2.98. The van der Waals surface area contributed by atoms with E-state index in [1.54, 1.807) is 0 Å². The first-order valence-corrected chi connectivity index (χ1v) is 5.61. The molecule has 1 N–H and O–H groups in total. The minimum atomic E-state index is -0.460. The molecule has 1 nitrogen and oxygen atoms in total. The first-order valence-electron chi connectivity index (χ1n) is 5.61.